The van der Waals surface area contributed by atoms with E-state index in [9.17, 15) is 68.3 Å². The number of aromatic nitrogens is 10. The van der Waals surface area contributed by atoms with Gasteiger partial charge in [-0.3, -0.25) is 50.9 Å². The molecule has 98 heavy (non-hydrogen) atoms. The van der Waals surface area contributed by atoms with Crippen LogP contribution in [0.2, 0.25) is 0 Å². The number of benzene rings is 6. The topological polar surface area (TPSA) is 207 Å². The monoisotopic (exact) mass is 1610 g/mol. The van der Waals surface area contributed by atoms with E-state index in [-0.39, 0.29) is 76.6 Å². The molecule has 0 unspecified atom stereocenters. The summed E-state index contributed by atoms with van der Waals surface area (Å²) in [7, 11) is 10.1. The van der Waals surface area contributed by atoms with Gasteiger partial charge in [0.2, 0.25) is 11.9 Å². The van der Waals surface area contributed by atoms with Gasteiger partial charge in [0.1, 0.15) is 11.7 Å². The number of aliphatic imine (C=N–C) groups is 1. The summed E-state index contributed by atoms with van der Waals surface area (Å²) in [6.45, 7) is 0.409. The molecule has 0 radical (unpaired) electrons. The molecule has 1 aliphatic rings. The third-order valence-corrected chi connectivity index (χ3v) is 17.4. The van der Waals surface area contributed by atoms with Gasteiger partial charge in [0.25, 0.3) is 16.7 Å². The molecule has 6 aromatic carbocycles. The number of nitrogens with zero attached hydrogens (tertiary/aromatic N) is 12. The Morgan fingerprint density at radius 1 is 0.469 bits per heavy atom. The predicted molar refractivity (Wildman–Crippen MR) is 371 cm³/mol. The Kier molecular flexibility index (Phi) is 21.9. The van der Waals surface area contributed by atoms with Crippen LogP contribution in [0, 0.1) is 0 Å². The van der Waals surface area contributed by atoms with Gasteiger partial charge in [-0.2, -0.15) is 49.5 Å². The minimum atomic E-state index is -4.51. The van der Waals surface area contributed by atoms with Crippen LogP contribution in [0.25, 0.3) is 22.3 Å². The number of rotatable bonds is 10. The number of aryl methyl sites for hydroxylation is 2. The van der Waals surface area contributed by atoms with Gasteiger partial charge in [-0.05, 0) is 108 Å². The smallest absolute Gasteiger partial charge is 0.343 e. The van der Waals surface area contributed by atoms with Crippen LogP contribution in [0.15, 0.2) is 193 Å². The Morgan fingerprint density at radius 2 is 0.878 bits per heavy atom. The Balaban J connectivity index is 0.000000163. The van der Waals surface area contributed by atoms with E-state index >= 15 is 0 Å². The Bertz CT molecular complexity index is 5300. The van der Waals surface area contributed by atoms with E-state index in [0.717, 1.165) is 80.0 Å². The van der Waals surface area contributed by atoms with E-state index in [4.69, 9.17) is 0 Å². The molecule has 1 aliphatic heterocycles. The fourth-order valence-electron chi connectivity index (χ4n) is 10.2. The highest BCUT2D eigenvalue weighted by molar-refractivity contribution is 9.11. The van der Waals surface area contributed by atoms with Gasteiger partial charge in [0, 0.05) is 91.6 Å². The van der Waals surface area contributed by atoms with Crippen LogP contribution in [0.4, 0.5) is 74.3 Å². The van der Waals surface area contributed by atoms with Crippen LogP contribution >= 0.6 is 63.7 Å². The molecule has 0 bridgehead atoms. The lowest BCUT2D eigenvalue weighted by Crippen LogP contribution is -2.38. The molecular formula is C65H55Br4F9N14O6. The van der Waals surface area contributed by atoms with Crippen molar-refractivity contribution in [2.45, 2.75) is 43.4 Å². The lowest BCUT2D eigenvalue weighted by Gasteiger charge is -2.21. The largest absolute Gasteiger partial charge is 0.416 e. The van der Waals surface area contributed by atoms with Crippen LogP contribution in [0.3, 0.4) is 0 Å². The number of alkyl halides is 10. The zero-order valence-electron chi connectivity index (χ0n) is 52.4. The predicted octanol–water partition coefficient (Wildman–Crippen LogP) is 13.2. The summed E-state index contributed by atoms with van der Waals surface area (Å²) in [5.41, 5.74) is -1.11. The molecule has 20 nitrogen and oxygen atoms in total. The summed E-state index contributed by atoms with van der Waals surface area (Å²) >= 11 is 13.6. The normalized spacial score (nSPS) is 12.1. The maximum absolute atomic E-state index is 13.3. The second-order valence-corrected chi connectivity index (χ2v) is 25.4. The lowest BCUT2D eigenvalue weighted by molar-refractivity contribution is -0.138. The fraction of sp³-hybridized carbons (Fsp3) is 0.215. The minimum absolute atomic E-state index is 0.117. The molecule has 512 valence electrons. The van der Waals surface area contributed by atoms with Crippen molar-refractivity contribution in [2.75, 3.05) is 22.6 Å². The third-order valence-electron chi connectivity index (χ3n) is 15.3. The molecule has 0 amide bonds. The van der Waals surface area contributed by atoms with Crippen molar-refractivity contribution in [1.82, 2.24) is 46.5 Å². The maximum Gasteiger partial charge on any atom is 0.416 e. The fourth-order valence-corrected chi connectivity index (χ4v) is 11.9. The zero-order valence-corrected chi connectivity index (χ0v) is 58.8. The molecule has 6 heterocycles. The number of fused-ring (bicyclic) bond motifs is 3. The van der Waals surface area contributed by atoms with Crippen molar-refractivity contribution in [1.29, 1.82) is 0 Å². The molecule has 11 aromatic rings. The van der Waals surface area contributed by atoms with Gasteiger partial charge in [-0.1, -0.05) is 118 Å². The minimum Gasteiger partial charge on any atom is -0.343 e. The Labute approximate surface area is 582 Å². The molecule has 0 aliphatic carbocycles. The van der Waals surface area contributed by atoms with Gasteiger partial charge < -0.3 is 15.5 Å². The number of imidazole rings is 2. The molecule has 33 heteroatoms. The maximum atomic E-state index is 13.3. The molecule has 0 saturated carbocycles. The van der Waals surface area contributed by atoms with Gasteiger partial charge >= 0.3 is 35.6 Å². The van der Waals surface area contributed by atoms with E-state index in [0.29, 0.717) is 11.4 Å². The first-order valence-electron chi connectivity index (χ1n) is 28.8. The molecule has 0 saturated heterocycles. The number of nitrogens with one attached hydrogen (secondary N) is 2. The van der Waals surface area contributed by atoms with Gasteiger partial charge in [-0.15, -0.1) is 0 Å². The Morgan fingerprint density at radius 3 is 1.36 bits per heavy atom. The summed E-state index contributed by atoms with van der Waals surface area (Å²) in [4.78, 5) is 89.3. The number of anilines is 5. The average molecular weight is 1620 g/mol. The zero-order chi connectivity index (χ0) is 71.6. The lowest BCUT2D eigenvalue weighted by atomic mass is 10.2. The van der Waals surface area contributed by atoms with E-state index in [1.807, 2.05) is 60.7 Å². The van der Waals surface area contributed by atoms with Crippen molar-refractivity contribution in [2.24, 2.45) is 47.3 Å². The first kappa shape index (κ1) is 72.9. The van der Waals surface area contributed by atoms with Gasteiger partial charge in [0.05, 0.1) is 35.3 Å². The molecular weight excluding hydrogens is 1560 g/mol. The number of hydrogen-bond donors (Lipinski definition) is 2. The summed E-state index contributed by atoms with van der Waals surface area (Å²) < 4.78 is 130. The van der Waals surface area contributed by atoms with Crippen molar-refractivity contribution >= 4 is 127 Å². The van der Waals surface area contributed by atoms with Gasteiger partial charge in [0.15, 0.2) is 22.3 Å². The highest BCUT2D eigenvalue weighted by Gasteiger charge is 2.34. The molecule has 2 N–H and O–H groups in total. The Hall–Kier alpha value is -9.34. The van der Waals surface area contributed by atoms with E-state index in [1.54, 1.807) is 16.2 Å². The number of halogens is 13. The standard InChI is InChI=1S/C22H19BrF3N5O2.C21H17BrF3N5O2.C15H13F3N4O2.C7H6Br2/c1-28(16-9-5-7-14(11-16)22(24,25)26)20-27-18-17(19(32)30(3)21(33)29(18)2)31(20)12-13-6-4-8-15(23)10-13;1-28-17-16(18(31)29(2)20(28)32)30(11-12-5-3-7-14(22)9-12)19(27-17)26-15-8-4-6-13(10-15)21(23,24)25;1-21-12-10(13(23)22(2)14(21)24)7-11(20-12)19-9-5-3-4-8(6-9)15(16,17)18;8-5-6-2-1-3-7(9)4-6/h4-11H,12H2,1-3H3;3-10H,11H2,1-2H3,(H,26,27);3-6H,7H2,1-2H3,(H,19,20);1-4H,5H2. The van der Waals surface area contributed by atoms with E-state index in [1.165, 1.54) is 103 Å². The molecule has 0 atom stereocenters. The summed E-state index contributed by atoms with van der Waals surface area (Å²) in [5, 5.41) is 6.58. The summed E-state index contributed by atoms with van der Waals surface area (Å²) in [6.07, 6.45) is -13.3. The van der Waals surface area contributed by atoms with Crippen LogP contribution in [-0.2, 0) is 85.7 Å². The molecule has 5 aromatic heterocycles. The number of hydrogen-bond acceptors (Lipinski definition) is 12. The van der Waals surface area contributed by atoms with Crippen molar-refractivity contribution in [3.05, 3.63) is 260 Å². The quantitative estimate of drug-likeness (QED) is 0.0972. The van der Waals surface area contributed by atoms with Crippen molar-refractivity contribution < 1.29 is 39.5 Å². The third kappa shape index (κ3) is 16.1. The second kappa shape index (κ2) is 29.4. The highest BCUT2D eigenvalue weighted by atomic mass is 79.9. The van der Waals surface area contributed by atoms with Crippen LogP contribution in [-0.4, -0.2) is 59.4 Å². The molecule has 0 spiro atoms. The van der Waals surface area contributed by atoms with Crippen LogP contribution < -0.4 is 49.3 Å². The first-order chi connectivity index (χ1) is 46.0. The van der Waals surface area contributed by atoms with E-state index < -0.39 is 69.0 Å². The molecule has 12 rings (SSSR count). The molecule has 0 fully saturated rings. The highest BCUT2D eigenvalue weighted by Crippen LogP contribution is 2.36. The van der Waals surface area contributed by atoms with Crippen LogP contribution in [0.5, 0.6) is 0 Å². The van der Waals surface area contributed by atoms with Crippen molar-refractivity contribution in [3.63, 3.8) is 0 Å². The summed E-state index contributed by atoms with van der Waals surface area (Å²) in [5.74, 6) is 0.889. The van der Waals surface area contributed by atoms with Crippen molar-refractivity contribution in [3.8, 4) is 0 Å². The van der Waals surface area contributed by atoms with Crippen LogP contribution in [0.1, 0.15) is 38.9 Å². The first-order valence-corrected chi connectivity index (χ1v) is 32.3. The number of amidine groups is 1. The SMILES string of the molecule is BrCc1cccc(Br)c1.CN(c1cccc(C(F)(F)F)c1)c1nc2c(c(=O)n(C)c(=O)n2C)n1Cc1cccc(Br)c1.Cn1c(=O)c2c(nc(Nc3cccc(C(F)(F)F)c3)n2Cc2cccc(Br)c2)n(C)c1=O.Cn1c2c(c(=O)n(C)c1=O)CC(Nc1cccc(C(F)(F)F)c1)=N2. The van der Waals surface area contributed by atoms with Gasteiger partial charge in [-0.25, -0.2) is 19.4 Å². The average Bonchev–Trinajstić information content (AvgIpc) is 1.60. The van der Waals surface area contributed by atoms with E-state index in [2.05, 4.69) is 101 Å². The second-order valence-electron chi connectivity index (χ2n) is 22.1. The summed E-state index contributed by atoms with van der Waals surface area (Å²) in [6, 6.07) is 37.2.